The Morgan fingerprint density at radius 3 is 2.43 bits per heavy atom. The molecule has 1 aliphatic heterocycles. The van der Waals surface area contributed by atoms with Crippen molar-refractivity contribution in [2.24, 2.45) is 5.92 Å². The fourth-order valence-electron chi connectivity index (χ4n) is 2.84. The van der Waals surface area contributed by atoms with E-state index < -0.39 is 10.0 Å². The van der Waals surface area contributed by atoms with Crippen LogP contribution in [0.1, 0.15) is 31.4 Å². The second kappa shape index (κ2) is 7.01. The van der Waals surface area contributed by atoms with E-state index in [1.807, 2.05) is 39.8 Å². The molecule has 1 heterocycles. The van der Waals surface area contributed by atoms with Crippen LogP contribution in [-0.4, -0.2) is 49.7 Å². The van der Waals surface area contributed by atoms with Crippen molar-refractivity contribution in [2.45, 2.75) is 39.0 Å². The smallest absolute Gasteiger partial charge is 0.243 e. The van der Waals surface area contributed by atoms with Crippen LogP contribution in [0.4, 0.5) is 0 Å². The first-order valence-electron chi connectivity index (χ1n) is 8.09. The molecule has 1 fully saturated rings. The van der Waals surface area contributed by atoms with E-state index in [-0.39, 0.29) is 11.8 Å². The highest BCUT2D eigenvalue weighted by molar-refractivity contribution is 7.89. The molecule has 1 aromatic rings. The van der Waals surface area contributed by atoms with Gasteiger partial charge in [0, 0.05) is 32.1 Å². The summed E-state index contributed by atoms with van der Waals surface area (Å²) in [6.07, 6.45) is 0.669. The van der Waals surface area contributed by atoms with Crippen LogP contribution >= 0.6 is 0 Å². The van der Waals surface area contributed by atoms with Gasteiger partial charge in [0.2, 0.25) is 15.9 Å². The van der Waals surface area contributed by atoms with Crippen LogP contribution in [0.5, 0.6) is 0 Å². The van der Waals surface area contributed by atoms with Crippen molar-refractivity contribution in [3.63, 3.8) is 0 Å². The Morgan fingerprint density at radius 1 is 1.09 bits per heavy atom. The minimum absolute atomic E-state index is 0.0582. The van der Waals surface area contributed by atoms with E-state index in [1.54, 1.807) is 11.0 Å². The molecule has 0 unspecified atom stereocenters. The first-order valence-corrected chi connectivity index (χ1v) is 9.53. The summed E-state index contributed by atoms with van der Waals surface area (Å²) in [6.45, 7) is 9.35. The molecular formula is C17H26N2O3S. The first kappa shape index (κ1) is 17.9. The zero-order valence-corrected chi connectivity index (χ0v) is 15.2. The molecule has 0 saturated carbocycles. The molecule has 0 radical (unpaired) electrons. The van der Waals surface area contributed by atoms with Gasteiger partial charge in [-0.25, -0.2) is 8.42 Å². The van der Waals surface area contributed by atoms with Crippen LogP contribution in [0.2, 0.25) is 0 Å². The normalized spacial score (nSPS) is 17.3. The van der Waals surface area contributed by atoms with Gasteiger partial charge in [0.15, 0.2) is 0 Å². The third-order valence-corrected chi connectivity index (χ3v) is 6.26. The number of amides is 1. The van der Waals surface area contributed by atoms with Crippen molar-refractivity contribution in [1.82, 2.24) is 9.21 Å². The maximum absolute atomic E-state index is 12.9. The quantitative estimate of drug-likeness (QED) is 0.849. The molecule has 6 heteroatoms. The second-order valence-corrected chi connectivity index (χ2v) is 8.41. The van der Waals surface area contributed by atoms with Gasteiger partial charge < -0.3 is 4.90 Å². The van der Waals surface area contributed by atoms with E-state index in [0.29, 0.717) is 37.5 Å². The zero-order valence-electron chi connectivity index (χ0n) is 14.4. The predicted molar refractivity (Wildman–Crippen MR) is 90.7 cm³/mol. The van der Waals surface area contributed by atoms with Gasteiger partial charge in [-0.3, -0.25) is 4.79 Å². The maximum atomic E-state index is 12.9. The Kier molecular flexibility index (Phi) is 5.47. The van der Waals surface area contributed by atoms with Crippen molar-refractivity contribution in [1.29, 1.82) is 0 Å². The van der Waals surface area contributed by atoms with Crippen molar-refractivity contribution in [3.05, 3.63) is 29.3 Å². The van der Waals surface area contributed by atoms with Crippen LogP contribution in [-0.2, 0) is 14.8 Å². The summed E-state index contributed by atoms with van der Waals surface area (Å²) in [4.78, 5) is 14.3. The molecule has 1 aromatic carbocycles. The first-order chi connectivity index (χ1) is 10.7. The summed E-state index contributed by atoms with van der Waals surface area (Å²) in [5.41, 5.74) is 1.69. The van der Waals surface area contributed by atoms with Crippen LogP contribution < -0.4 is 0 Å². The lowest BCUT2D eigenvalue weighted by atomic mass is 10.2. The highest BCUT2D eigenvalue weighted by atomic mass is 32.2. The molecule has 1 saturated heterocycles. The van der Waals surface area contributed by atoms with E-state index in [0.717, 1.165) is 11.1 Å². The molecule has 1 amide bonds. The number of carbonyl (C=O) groups is 1. The molecule has 5 nitrogen and oxygen atoms in total. The van der Waals surface area contributed by atoms with Gasteiger partial charge in [-0.2, -0.15) is 4.31 Å². The number of sulfonamides is 1. The lowest BCUT2D eigenvalue weighted by Gasteiger charge is -2.23. The predicted octanol–water partition coefficient (Wildman–Crippen LogP) is 2.18. The van der Waals surface area contributed by atoms with E-state index in [4.69, 9.17) is 0 Å². The fraction of sp³-hybridized carbons (Fsp3) is 0.588. The number of benzene rings is 1. The Balaban J connectivity index is 2.21. The standard InChI is InChI=1S/C17H26N2O3S/c1-13(2)17(20)18-8-5-9-19(11-10-18)23(21,22)16-12-14(3)6-7-15(16)4/h6-7,12-13H,5,8-11H2,1-4H3. The summed E-state index contributed by atoms with van der Waals surface area (Å²) in [6, 6.07) is 5.49. The second-order valence-electron chi connectivity index (χ2n) is 6.51. The number of hydrogen-bond acceptors (Lipinski definition) is 3. The van der Waals surface area contributed by atoms with E-state index in [9.17, 15) is 13.2 Å². The third-order valence-electron chi connectivity index (χ3n) is 4.22. The minimum atomic E-state index is -3.51. The maximum Gasteiger partial charge on any atom is 0.243 e. The Hall–Kier alpha value is -1.40. The molecule has 2 rings (SSSR count). The van der Waals surface area contributed by atoms with Gasteiger partial charge in [-0.15, -0.1) is 0 Å². The average molecular weight is 338 g/mol. The summed E-state index contributed by atoms with van der Waals surface area (Å²) >= 11 is 0. The zero-order chi connectivity index (χ0) is 17.2. The van der Waals surface area contributed by atoms with Gasteiger partial charge in [-0.1, -0.05) is 26.0 Å². The molecule has 0 aliphatic carbocycles. The van der Waals surface area contributed by atoms with Crippen LogP contribution in [0.25, 0.3) is 0 Å². The van der Waals surface area contributed by atoms with Gasteiger partial charge in [0.25, 0.3) is 0 Å². The van der Waals surface area contributed by atoms with Crippen molar-refractivity contribution in [3.8, 4) is 0 Å². The summed E-state index contributed by atoms with van der Waals surface area (Å²) in [7, 11) is -3.51. The van der Waals surface area contributed by atoms with Crippen LogP contribution in [0, 0.1) is 19.8 Å². The Morgan fingerprint density at radius 2 is 1.78 bits per heavy atom. The van der Waals surface area contributed by atoms with Crippen molar-refractivity contribution < 1.29 is 13.2 Å². The largest absolute Gasteiger partial charge is 0.341 e. The Labute approximate surface area is 139 Å². The highest BCUT2D eigenvalue weighted by Gasteiger charge is 2.29. The SMILES string of the molecule is Cc1ccc(C)c(S(=O)(=O)N2CCCN(C(=O)C(C)C)CC2)c1. The molecule has 0 N–H and O–H groups in total. The van der Waals surface area contributed by atoms with E-state index in [1.165, 1.54) is 4.31 Å². The molecule has 23 heavy (non-hydrogen) atoms. The lowest BCUT2D eigenvalue weighted by molar-refractivity contribution is -0.134. The van der Waals surface area contributed by atoms with Gasteiger partial charge in [0.1, 0.15) is 0 Å². The third kappa shape index (κ3) is 3.93. The summed E-state index contributed by atoms with van der Waals surface area (Å²) in [5, 5.41) is 0. The average Bonchev–Trinajstić information content (AvgIpc) is 2.75. The fourth-order valence-corrected chi connectivity index (χ4v) is 4.62. The van der Waals surface area contributed by atoms with Gasteiger partial charge in [0.05, 0.1) is 4.90 Å². The molecule has 0 aromatic heterocycles. The molecular weight excluding hydrogens is 312 g/mol. The Bertz CT molecular complexity index is 683. The monoisotopic (exact) mass is 338 g/mol. The topological polar surface area (TPSA) is 57.7 Å². The number of rotatable bonds is 3. The van der Waals surface area contributed by atoms with Crippen molar-refractivity contribution >= 4 is 15.9 Å². The number of aryl methyl sites for hydroxylation is 2. The molecule has 0 atom stereocenters. The highest BCUT2D eigenvalue weighted by Crippen LogP contribution is 2.22. The number of hydrogen-bond donors (Lipinski definition) is 0. The molecule has 128 valence electrons. The lowest BCUT2D eigenvalue weighted by Crippen LogP contribution is -2.39. The van der Waals surface area contributed by atoms with Gasteiger partial charge in [-0.05, 0) is 37.5 Å². The van der Waals surface area contributed by atoms with Gasteiger partial charge >= 0.3 is 0 Å². The van der Waals surface area contributed by atoms with E-state index in [2.05, 4.69) is 0 Å². The molecule has 1 aliphatic rings. The molecule has 0 spiro atoms. The summed E-state index contributed by atoms with van der Waals surface area (Å²) in [5.74, 6) is 0.0353. The summed E-state index contributed by atoms with van der Waals surface area (Å²) < 4.78 is 27.4. The number of carbonyl (C=O) groups excluding carboxylic acids is 1. The number of nitrogens with zero attached hydrogens (tertiary/aromatic N) is 2. The van der Waals surface area contributed by atoms with Crippen molar-refractivity contribution in [2.75, 3.05) is 26.2 Å². The van der Waals surface area contributed by atoms with Crippen LogP contribution in [0.15, 0.2) is 23.1 Å². The minimum Gasteiger partial charge on any atom is -0.341 e. The molecule has 0 bridgehead atoms. The van der Waals surface area contributed by atoms with E-state index >= 15 is 0 Å². The van der Waals surface area contributed by atoms with Crippen LogP contribution in [0.3, 0.4) is 0 Å².